The van der Waals surface area contributed by atoms with Crippen LogP contribution in [0.3, 0.4) is 0 Å². The van der Waals surface area contributed by atoms with Gasteiger partial charge in [-0.1, -0.05) is 48.8 Å². The van der Waals surface area contributed by atoms with Gasteiger partial charge in [0.15, 0.2) is 0 Å². The molecule has 96 valence electrons. The maximum atomic E-state index is 3.50. The molecule has 2 rings (SSSR count). The van der Waals surface area contributed by atoms with Gasteiger partial charge in [-0.3, -0.25) is 0 Å². The summed E-state index contributed by atoms with van der Waals surface area (Å²) in [5.74, 6) is 0. The summed E-state index contributed by atoms with van der Waals surface area (Å²) in [6, 6.07) is 12.9. The van der Waals surface area contributed by atoms with E-state index in [4.69, 9.17) is 0 Å². The van der Waals surface area contributed by atoms with Gasteiger partial charge in [-0.25, -0.2) is 0 Å². The second-order valence-corrected chi connectivity index (χ2v) is 6.86. The van der Waals surface area contributed by atoms with Gasteiger partial charge >= 0.3 is 0 Å². The number of benzene rings is 2. The fourth-order valence-corrected chi connectivity index (χ4v) is 2.29. The minimum atomic E-state index is 0.384. The second kappa shape index (κ2) is 5.31. The summed E-state index contributed by atoms with van der Waals surface area (Å²) in [7, 11) is 0. The van der Waals surface area contributed by atoms with Crippen molar-refractivity contribution in [1.29, 1.82) is 0 Å². The highest BCUT2D eigenvalue weighted by molar-refractivity contribution is 9.10. The van der Waals surface area contributed by atoms with E-state index >= 15 is 0 Å². The van der Waals surface area contributed by atoms with Crippen molar-refractivity contribution in [1.82, 2.24) is 0 Å². The number of halogens is 1. The Labute approximate surface area is 118 Å². The van der Waals surface area contributed by atoms with E-state index < -0.39 is 0 Å². The van der Waals surface area contributed by atoms with Crippen LogP contribution in [0.1, 0.15) is 27.2 Å². The lowest BCUT2D eigenvalue weighted by Crippen LogP contribution is -2.12. The largest absolute Gasteiger partial charge is 0.385 e. The molecule has 0 aliphatic rings. The number of rotatable bonds is 3. The van der Waals surface area contributed by atoms with Crippen LogP contribution in [0.25, 0.3) is 10.8 Å². The van der Waals surface area contributed by atoms with Crippen LogP contribution in [-0.2, 0) is 0 Å². The Morgan fingerprint density at radius 1 is 1.00 bits per heavy atom. The molecule has 0 fully saturated rings. The van der Waals surface area contributed by atoms with Crippen LogP contribution in [0.4, 0.5) is 5.69 Å². The minimum Gasteiger partial charge on any atom is -0.385 e. The lowest BCUT2D eigenvalue weighted by molar-refractivity contribution is 0.390. The second-order valence-electron chi connectivity index (χ2n) is 5.94. The van der Waals surface area contributed by atoms with Crippen molar-refractivity contribution in [3.63, 3.8) is 0 Å². The molecule has 0 unspecified atom stereocenters. The van der Waals surface area contributed by atoms with E-state index in [2.05, 4.69) is 78.4 Å². The third-order valence-corrected chi connectivity index (χ3v) is 3.50. The van der Waals surface area contributed by atoms with E-state index in [1.807, 2.05) is 0 Å². The summed E-state index contributed by atoms with van der Waals surface area (Å²) < 4.78 is 1.13. The first-order valence-electron chi connectivity index (χ1n) is 6.37. The van der Waals surface area contributed by atoms with Crippen molar-refractivity contribution in [2.45, 2.75) is 27.2 Å². The molecule has 0 saturated carbocycles. The molecule has 0 aliphatic heterocycles. The molecule has 1 nitrogen and oxygen atoms in total. The molecule has 0 aliphatic carbocycles. The van der Waals surface area contributed by atoms with Gasteiger partial charge in [-0.2, -0.15) is 0 Å². The molecule has 2 aromatic rings. The summed E-state index contributed by atoms with van der Waals surface area (Å²) >= 11 is 3.50. The summed E-state index contributed by atoms with van der Waals surface area (Å²) in [5, 5.41) is 6.04. The number of nitrogens with one attached hydrogen (secondary N) is 1. The van der Waals surface area contributed by atoms with Crippen molar-refractivity contribution in [3.05, 3.63) is 40.9 Å². The van der Waals surface area contributed by atoms with Gasteiger partial charge in [0.05, 0.1) is 0 Å². The topological polar surface area (TPSA) is 12.0 Å². The normalized spacial score (nSPS) is 11.8. The van der Waals surface area contributed by atoms with E-state index in [9.17, 15) is 0 Å². The number of fused-ring (bicyclic) bond motifs is 1. The highest BCUT2D eigenvalue weighted by Crippen LogP contribution is 2.24. The molecular formula is C16H20BrN. The summed E-state index contributed by atoms with van der Waals surface area (Å²) in [4.78, 5) is 0. The average Bonchev–Trinajstić information content (AvgIpc) is 2.27. The van der Waals surface area contributed by atoms with Crippen molar-refractivity contribution >= 4 is 32.4 Å². The van der Waals surface area contributed by atoms with Gasteiger partial charge in [0.25, 0.3) is 0 Å². The maximum absolute atomic E-state index is 3.50. The predicted molar refractivity (Wildman–Crippen MR) is 84.2 cm³/mol. The molecule has 0 heterocycles. The fraction of sp³-hybridized carbons (Fsp3) is 0.375. The zero-order valence-corrected chi connectivity index (χ0v) is 12.8. The van der Waals surface area contributed by atoms with Crippen LogP contribution in [0, 0.1) is 5.41 Å². The van der Waals surface area contributed by atoms with Gasteiger partial charge in [0.2, 0.25) is 0 Å². The molecule has 0 radical (unpaired) electrons. The van der Waals surface area contributed by atoms with Crippen LogP contribution in [0.15, 0.2) is 40.9 Å². The molecule has 18 heavy (non-hydrogen) atoms. The standard InChI is InChI=1S/C16H20BrN/c1-16(2,3)8-9-18-15-7-5-12-10-14(17)6-4-13(12)11-15/h4-7,10-11,18H,8-9H2,1-3H3. The molecule has 2 heteroatoms. The minimum absolute atomic E-state index is 0.384. The van der Waals surface area contributed by atoms with Gasteiger partial charge < -0.3 is 5.32 Å². The van der Waals surface area contributed by atoms with E-state index in [1.54, 1.807) is 0 Å². The van der Waals surface area contributed by atoms with Crippen LogP contribution >= 0.6 is 15.9 Å². The zero-order chi connectivity index (χ0) is 13.2. The summed E-state index contributed by atoms with van der Waals surface area (Å²) in [6.45, 7) is 7.83. The quantitative estimate of drug-likeness (QED) is 0.795. The Balaban J connectivity index is 2.08. The fourth-order valence-electron chi connectivity index (χ4n) is 1.91. The van der Waals surface area contributed by atoms with E-state index in [0.717, 1.165) is 11.0 Å². The molecule has 0 aromatic heterocycles. The molecular weight excluding hydrogens is 286 g/mol. The highest BCUT2D eigenvalue weighted by atomic mass is 79.9. The Bertz CT molecular complexity index is 540. The van der Waals surface area contributed by atoms with Crippen LogP contribution < -0.4 is 5.32 Å². The van der Waals surface area contributed by atoms with Crippen LogP contribution in [-0.4, -0.2) is 6.54 Å². The molecule has 2 aromatic carbocycles. The molecule has 0 atom stereocenters. The Hall–Kier alpha value is -1.02. The Kier molecular flexibility index (Phi) is 3.96. The van der Waals surface area contributed by atoms with Gasteiger partial charge in [0.1, 0.15) is 0 Å². The molecule has 1 N–H and O–H groups in total. The third-order valence-electron chi connectivity index (χ3n) is 3.01. The first-order valence-corrected chi connectivity index (χ1v) is 7.17. The number of hydrogen-bond acceptors (Lipinski definition) is 1. The smallest absolute Gasteiger partial charge is 0.0346 e. The first-order chi connectivity index (χ1) is 8.44. The lowest BCUT2D eigenvalue weighted by Gasteiger charge is -2.18. The monoisotopic (exact) mass is 305 g/mol. The van der Waals surface area contributed by atoms with Crippen LogP contribution in [0.5, 0.6) is 0 Å². The SMILES string of the molecule is CC(C)(C)CCNc1ccc2cc(Br)ccc2c1. The third kappa shape index (κ3) is 3.74. The van der Waals surface area contributed by atoms with E-state index in [0.29, 0.717) is 5.41 Å². The van der Waals surface area contributed by atoms with Crippen molar-refractivity contribution in [2.75, 3.05) is 11.9 Å². The Morgan fingerprint density at radius 3 is 2.39 bits per heavy atom. The summed E-state index contributed by atoms with van der Waals surface area (Å²) in [5.41, 5.74) is 1.59. The van der Waals surface area contributed by atoms with Gasteiger partial charge in [0, 0.05) is 16.7 Å². The van der Waals surface area contributed by atoms with Crippen molar-refractivity contribution < 1.29 is 0 Å². The maximum Gasteiger partial charge on any atom is 0.0346 e. The van der Waals surface area contributed by atoms with E-state index in [-0.39, 0.29) is 0 Å². The van der Waals surface area contributed by atoms with Crippen molar-refractivity contribution in [3.8, 4) is 0 Å². The Morgan fingerprint density at radius 2 is 1.67 bits per heavy atom. The predicted octanol–water partition coefficient (Wildman–Crippen LogP) is 5.45. The summed E-state index contributed by atoms with van der Waals surface area (Å²) in [6.07, 6.45) is 1.17. The highest BCUT2D eigenvalue weighted by Gasteiger charge is 2.08. The molecule has 0 spiro atoms. The number of anilines is 1. The molecule has 0 amide bonds. The van der Waals surface area contributed by atoms with Gasteiger partial charge in [-0.05, 0) is 46.9 Å². The molecule has 0 saturated heterocycles. The van der Waals surface area contributed by atoms with Crippen molar-refractivity contribution in [2.24, 2.45) is 5.41 Å². The lowest BCUT2D eigenvalue weighted by atomic mass is 9.92. The zero-order valence-electron chi connectivity index (χ0n) is 11.3. The average molecular weight is 306 g/mol. The van der Waals surface area contributed by atoms with E-state index in [1.165, 1.54) is 22.9 Å². The van der Waals surface area contributed by atoms with Crippen LogP contribution in [0.2, 0.25) is 0 Å². The number of hydrogen-bond donors (Lipinski definition) is 1. The first kappa shape index (κ1) is 13.4. The van der Waals surface area contributed by atoms with Gasteiger partial charge in [-0.15, -0.1) is 0 Å². The molecule has 0 bridgehead atoms.